The van der Waals surface area contributed by atoms with Crippen molar-refractivity contribution >= 4 is 17.9 Å². The van der Waals surface area contributed by atoms with Crippen LogP contribution in [0.2, 0.25) is 0 Å². The number of esters is 3. The highest BCUT2D eigenvalue weighted by molar-refractivity contribution is 5.77. The summed E-state index contributed by atoms with van der Waals surface area (Å²) in [5, 5.41) is 9.62. The van der Waals surface area contributed by atoms with Crippen LogP contribution < -0.4 is 0 Å². The van der Waals surface area contributed by atoms with E-state index in [0.29, 0.717) is 38.6 Å². The molecule has 0 aliphatic heterocycles. The van der Waals surface area contributed by atoms with Crippen LogP contribution in [0.15, 0.2) is 48.6 Å². The van der Waals surface area contributed by atoms with Crippen molar-refractivity contribution in [3.8, 4) is 0 Å². The van der Waals surface area contributed by atoms with E-state index in [1.807, 2.05) is 19.1 Å². The summed E-state index contributed by atoms with van der Waals surface area (Å²) in [5.74, 6) is -0.186. The number of rotatable bonds is 48. The third kappa shape index (κ3) is 37.9. The largest absolute Gasteiger partial charge is 0.465 e. The molecule has 1 N–H and O–H groups in total. The van der Waals surface area contributed by atoms with Crippen molar-refractivity contribution < 1.29 is 33.7 Å². The number of carbonyl (C=O) groups excluding carboxylic acids is 3. The van der Waals surface area contributed by atoms with Gasteiger partial charge in [-0.15, -0.1) is 0 Å². The van der Waals surface area contributed by atoms with Gasteiger partial charge in [0.2, 0.25) is 0 Å². The number of aliphatic hydroxyl groups excluding tert-OH is 1. The summed E-state index contributed by atoms with van der Waals surface area (Å²) < 4.78 is 16.9. The fraction of sp³-hybridized carbons (Fsp3) is 0.783. The van der Waals surface area contributed by atoms with Gasteiger partial charge in [-0.05, 0) is 121 Å². The van der Waals surface area contributed by atoms with E-state index in [4.69, 9.17) is 14.2 Å². The highest BCUT2D eigenvalue weighted by atomic mass is 16.5. The molecule has 0 aliphatic rings. The van der Waals surface area contributed by atoms with Crippen molar-refractivity contribution in [3.63, 3.8) is 0 Å². The van der Waals surface area contributed by atoms with Crippen molar-refractivity contribution in [2.45, 2.75) is 258 Å². The minimum absolute atomic E-state index is 0.160. The van der Waals surface area contributed by atoms with Gasteiger partial charge in [0.15, 0.2) is 0 Å². The summed E-state index contributed by atoms with van der Waals surface area (Å²) in [6.07, 6.45) is 44.4. The van der Waals surface area contributed by atoms with Crippen molar-refractivity contribution in [2.24, 2.45) is 5.92 Å². The van der Waals surface area contributed by atoms with Crippen LogP contribution >= 0.6 is 0 Å². The maximum absolute atomic E-state index is 12.8. The first-order valence-electron chi connectivity index (χ1n) is 28.4. The lowest BCUT2D eigenvalue weighted by molar-refractivity contribution is -0.145. The van der Waals surface area contributed by atoms with Crippen LogP contribution in [0.1, 0.15) is 257 Å². The third-order valence-corrected chi connectivity index (χ3v) is 13.2. The molecule has 1 atom stereocenters. The van der Waals surface area contributed by atoms with Crippen LogP contribution in [0.5, 0.6) is 0 Å². The molecular weight excluding hydrogens is 847 g/mol. The van der Waals surface area contributed by atoms with Crippen molar-refractivity contribution in [3.05, 3.63) is 59.7 Å². The summed E-state index contributed by atoms with van der Waals surface area (Å²) in [4.78, 5) is 40.9. The molecule has 0 bridgehead atoms. The van der Waals surface area contributed by atoms with Crippen molar-refractivity contribution in [2.75, 3.05) is 39.5 Å². The van der Waals surface area contributed by atoms with Gasteiger partial charge in [-0.2, -0.15) is 0 Å². The maximum Gasteiger partial charge on any atom is 0.313 e. The zero-order valence-electron chi connectivity index (χ0n) is 44.8. The number of aliphatic hydroxyl groups is 1. The van der Waals surface area contributed by atoms with Crippen LogP contribution in [0.4, 0.5) is 0 Å². The molecule has 0 radical (unpaired) electrons. The van der Waals surface area contributed by atoms with Crippen molar-refractivity contribution in [1.29, 1.82) is 0 Å². The van der Waals surface area contributed by atoms with E-state index in [1.54, 1.807) is 0 Å². The Morgan fingerprint density at radius 3 is 1.44 bits per heavy atom. The van der Waals surface area contributed by atoms with Gasteiger partial charge >= 0.3 is 17.9 Å². The Hall–Kier alpha value is -2.97. The first kappa shape index (κ1) is 63.0. The lowest BCUT2D eigenvalue weighted by atomic mass is 9.97. The van der Waals surface area contributed by atoms with Crippen molar-refractivity contribution in [1.82, 2.24) is 4.90 Å². The van der Waals surface area contributed by atoms with E-state index in [2.05, 4.69) is 69.0 Å². The highest BCUT2D eigenvalue weighted by Crippen LogP contribution is 2.21. The van der Waals surface area contributed by atoms with Crippen LogP contribution in [0.3, 0.4) is 0 Å². The summed E-state index contributed by atoms with van der Waals surface area (Å²) in [6, 6.07) is 8.56. The molecule has 0 heterocycles. The second-order valence-corrected chi connectivity index (χ2v) is 20.1. The molecule has 0 aliphatic carbocycles. The Kier molecular flexibility index (Phi) is 43.0. The van der Waals surface area contributed by atoms with Gasteiger partial charge in [0.05, 0.1) is 12.5 Å². The summed E-state index contributed by atoms with van der Waals surface area (Å²) in [7, 11) is 0. The van der Waals surface area contributed by atoms with Gasteiger partial charge in [-0.25, -0.2) is 0 Å². The molecule has 8 heteroatoms. The highest BCUT2D eigenvalue weighted by Gasteiger charge is 2.20. The maximum atomic E-state index is 12.8. The summed E-state index contributed by atoms with van der Waals surface area (Å²) in [5.41, 5.74) is 2.28. The molecule has 0 amide bonds. The Labute approximate surface area is 418 Å². The van der Waals surface area contributed by atoms with E-state index < -0.39 is 0 Å². The van der Waals surface area contributed by atoms with Gasteiger partial charge in [0.1, 0.15) is 13.2 Å². The lowest BCUT2D eigenvalue weighted by Crippen LogP contribution is -2.37. The molecule has 1 aromatic rings. The quantitative estimate of drug-likeness (QED) is 0.0298. The van der Waals surface area contributed by atoms with Crippen LogP contribution in [0.25, 0.3) is 0 Å². The van der Waals surface area contributed by atoms with Gasteiger partial charge in [-0.3, -0.25) is 14.4 Å². The number of hydrogen-bond acceptors (Lipinski definition) is 8. The van der Waals surface area contributed by atoms with Crippen LogP contribution in [-0.4, -0.2) is 73.5 Å². The minimum atomic E-state index is -0.289. The normalized spacial score (nSPS) is 12.3. The molecule has 1 rings (SSSR count). The third-order valence-electron chi connectivity index (χ3n) is 13.2. The fourth-order valence-electron chi connectivity index (χ4n) is 8.94. The molecule has 0 saturated carbocycles. The van der Waals surface area contributed by atoms with Gasteiger partial charge < -0.3 is 24.2 Å². The molecule has 8 nitrogen and oxygen atoms in total. The molecule has 392 valence electrons. The monoisotopic (exact) mass is 952 g/mol. The molecule has 1 unspecified atom stereocenters. The second-order valence-electron chi connectivity index (χ2n) is 20.1. The first-order chi connectivity index (χ1) is 33.2. The minimum Gasteiger partial charge on any atom is -0.465 e. The molecule has 1 aromatic carbocycles. The average Bonchev–Trinajstić information content (AvgIpc) is 3.33. The number of allylic oxidation sites excluding steroid dienone is 2. The lowest BCUT2D eigenvalue weighted by Gasteiger charge is -2.32. The number of carbonyl (C=O) groups is 3. The second kappa shape index (κ2) is 46.4. The molecule has 0 spiro atoms. The number of hydrogen-bond donors (Lipinski definition) is 1. The van der Waals surface area contributed by atoms with E-state index in [0.717, 1.165) is 102 Å². The standard InChI is InChI=1S/C60H105NO7/c1-6-8-10-12-14-16-18-20-22-24-27-33-49-66-58(63)40-36-38-57(39-37-41-59(64)67-50-34-28-25-23-21-19-17-15-13-11-9-7-2)61(47-31-32-48-62)46-30-26-29-35-51-68-60(65)54(5)56-44-42-55(43-45-56)52-53(3)4/h27-28,33-34,42-45,53-54,57,62H,6-26,29-32,35-41,46-52H2,1-5H3/b33-27+,34-28+. The Balaban J connectivity index is 2.61. The van der Waals surface area contributed by atoms with Gasteiger partial charge in [0, 0.05) is 25.5 Å². The predicted molar refractivity (Wildman–Crippen MR) is 286 cm³/mol. The van der Waals surface area contributed by atoms with Gasteiger partial charge in [0.25, 0.3) is 0 Å². The fourth-order valence-corrected chi connectivity index (χ4v) is 8.94. The Bertz CT molecular complexity index is 1320. The molecule has 0 fully saturated rings. The Morgan fingerprint density at radius 1 is 0.529 bits per heavy atom. The Morgan fingerprint density at radius 2 is 0.971 bits per heavy atom. The van der Waals surface area contributed by atoms with Crippen LogP contribution in [0, 0.1) is 5.92 Å². The summed E-state index contributed by atoms with van der Waals surface area (Å²) in [6.45, 7) is 13.9. The number of nitrogens with zero attached hydrogens (tertiary/aromatic N) is 1. The average molecular weight is 952 g/mol. The van der Waals surface area contributed by atoms with Gasteiger partial charge in [-0.1, -0.05) is 192 Å². The van der Waals surface area contributed by atoms with E-state index in [1.165, 1.54) is 121 Å². The van der Waals surface area contributed by atoms with E-state index in [9.17, 15) is 19.5 Å². The molecule has 68 heavy (non-hydrogen) atoms. The zero-order valence-corrected chi connectivity index (χ0v) is 44.8. The number of unbranched alkanes of at least 4 members (excludes halogenated alkanes) is 22. The first-order valence-corrected chi connectivity index (χ1v) is 28.4. The topological polar surface area (TPSA) is 102 Å². The summed E-state index contributed by atoms with van der Waals surface area (Å²) >= 11 is 0. The SMILES string of the molecule is CCCCCCCCCCC/C=C/COC(=O)CCCC(CCCC(=O)OC/C=C/CCCCCCCCCCC)N(CCCCO)CCCCCCOC(=O)C(C)c1ccc(CC(C)C)cc1. The van der Waals surface area contributed by atoms with Crippen LogP contribution in [-0.2, 0) is 35.0 Å². The predicted octanol–water partition coefficient (Wildman–Crippen LogP) is 15.9. The smallest absolute Gasteiger partial charge is 0.313 e. The zero-order chi connectivity index (χ0) is 49.6. The van der Waals surface area contributed by atoms with E-state index >= 15 is 0 Å². The molecule has 0 aromatic heterocycles. The molecular formula is C60H105NO7. The van der Waals surface area contributed by atoms with E-state index in [-0.39, 0.29) is 36.5 Å². The molecule has 0 saturated heterocycles. The number of ether oxygens (including phenoxy) is 3. The number of benzene rings is 1.